The average Bonchev–Trinajstić information content (AvgIpc) is 3.30. The fourth-order valence-corrected chi connectivity index (χ4v) is 6.17. The van der Waals surface area contributed by atoms with Crippen LogP contribution in [0, 0.1) is 0 Å². The molecule has 0 fully saturated rings. The number of fused-ring (bicyclic) bond motifs is 3. The molecule has 7 heteroatoms. The maximum absolute atomic E-state index is 13.5. The summed E-state index contributed by atoms with van der Waals surface area (Å²) in [4.78, 5) is 27.1. The number of hydrogen-bond acceptors (Lipinski definition) is 5. The van der Waals surface area contributed by atoms with Crippen molar-refractivity contribution < 1.29 is 14.3 Å². The number of halogens is 1. The maximum atomic E-state index is 13.5. The third-order valence-corrected chi connectivity index (χ3v) is 7.72. The SMILES string of the molecule is C/C=C/CSc1sc(C(=O)c2ccc(Br)cc2)c2c(C(=O)OCC)c3ccccn3c12. The van der Waals surface area contributed by atoms with Gasteiger partial charge in [0.2, 0.25) is 5.78 Å². The van der Waals surface area contributed by atoms with E-state index < -0.39 is 5.97 Å². The highest BCUT2D eigenvalue weighted by Gasteiger charge is 2.29. The second-order valence-electron chi connectivity index (χ2n) is 6.71. The summed E-state index contributed by atoms with van der Waals surface area (Å²) in [5.41, 5.74) is 2.67. The summed E-state index contributed by atoms with van der Waals surface area (Å²) in [6.45, 7) is 4.04. The molecule has 0 N–H and O–H groups in total. The van der Waals surface area contributed by atoms with E-state index in [1.807, 2.05) is 53.9 Å². The number of esters is 1. The van der Waals surface area contributed by atoms with Gasteiger partial charge in [-0.15, -0.1) is 23.1 Å². The minimum absolute atomic E-state index is 0.0955. The Bertz CT molecular complexity index is 1300. The molecular formula is C24H20BrNO3S2. The summed E-state index contributed by atoms with van der Waals surface area (Å²) in [6.07, 6.45) is 6.02. The lowest BCUT2D eigenvalue weighted by Crippen LogP contribution is -2.06. The Hall–Kier alpha value is -2.35. The van der Waals surface area contributed by atoms with E-state index >= 15 is 0 Å². The number of thiophene rings is 1. The largest absolute Gasteiger partial charge is 0.462 e. The quantitative estimate of drug-likeness (QED) is 0.115. The van der Waals surface area contributed by atoms with Gasteiger partial charge in [-0.3, -0.25) is 4.79 Å². The van der Waals surface area contributed by atoms with Gasteiger partial charge in [-0.1, -0.05) is 34.1 Å². The first-order chi connectivity index (χ1) is 15.1. The number of rotatable bonds is 7. The van der Waals surface area contributed by atoms with Gasteiger partial charge in [-0.05, 0) is 50.2 Å². The van der Waals surface area contributed by atoms with E-state index in [2.05, 4.69) is 22.0 Å². The van der Waals surface area contributed by atoms with Crippen molar-refractivity contribution >= 4 is 67.2 Å². The molecular weight excluding hydrogens is 494 g/mol. The molecule has 31 heavy (non-hydrogen) atoms. The molecule has 0 amide bonds. The second-order valence-corrected chi connectivity index (χ2v) is 9.93. The number of carbonyl (C=O) groups is 2. The first kappa shape index (κ1) is 21.9. The average molecular weight is 514 g/mol. The monoisotopic (exact) mass is 513 g/mol. The number of ketones is 1. The zero-order valence-electron chi connectivity index (χ0n) is 17.1. The summed E-state index contributed by atoms with van der Waals surface area (Å²) in [7, 11) is 0. The molecule has 0 aliphatic heterocycles. The van der Waals surface area contributed by atoms with Crippen LogP contribution in [-0.2, 0) is 4.74 Å². The topological polar surface area (TPSA) is 47.8 Å². The Balaban J connectivity index is 2.01. The predicted octanol–water partition coefficient (Wildman–Crippen LogP) is 6.99. The van der Waals surface area contributed by atoms with Gasteiger partial charge >= 0.3 is 5.97 Å². The highest BCUT2D eigenvalue weighted by atomic mass is 79.9. The highest BCUT2D eigenvalue weighted by Crippen LogP contribution is 2.43. The lowest BCUT2D eigenvalue weighted by Gasteiger charge is -2.04. The van der Waals surface area contributed by atoms with Gasteiger partial charge in [0.25, 0.3) is 0 Å². The van der Waals surface area contributed by atoms with Crippen LogP contribution in [0.3, 0.4) is 0 Å². The summed E-state index contributed by atoms with van der Waals surface area (Å²) >= 11 is 6.52. The van der Waals surface area contributed by atoms with Crippen molar-refractivity contribution in [2.75, 3.05) is 12.4 Å². The summed E-state index contributed by atoms with van der Waals surface area (Å²) in [5.74, 6) is 0.281. The van der Waals surface area contributed by atoms with Crippen molar-refractivity contribution in [3.05, 3.63) is 81.3 Å². The molecule has 4 rings (SSSR count). The minimum Gasteiger partial charge on any atom is -0.462 e. The van der Waals surface area contributed by atoms with Gasteiger partial charge in [0.1, 0.15) is 0 Å². The second kappa shape index (κ2) is 9.42. The number of pyridine rings is 1. The molecule has 0 radical (unpaired) electrons. The summed E-state index contributed by atoms with van der Waals surface area (Å²) in [5, 5.41) is 0.672. The van der Waals surface area contributed by atoms with E-state index in [9.17, 15) is 9.59 Å². The Morgan fingerprint density at radius 2 is 1.97 bits per heavy atom. The highest BCUT2D eigenvalue weighted by molar-refractivity contribution is 9.10. The van der Waals surface area contributed by atoms with E-state index in [1.165, 1.54) is 11.3 Å². The van der Waals surface area contributed by atoms with Crippen molar-refractivity contribution in [1.82, 2.24) is 4.40 Å². The first-order valence-corrected chi connectivity index (χ1v) is 12.4. The third kappa shape index (κ3) is 4.10. The smallest absolute Gasteiger partial charge is 0.341 e. The van der Waals surface area contributed by atoms with E-state index in [1.54, 1.807) is 30.8 Å². The Kier molecular flexibility index (Phi) is 6.65. The molecule has 0 saturated carbocycles. The van der Waals surface area contributed by atoms with Crippen LogP contribution in [0.15, 0.2) is 69.5 Å². The summed E-state index contributed by atoms with van der Waals surface area (Å²) < 4.78 is 9.29. The molecule has 0 atom stereocenters. The number of ether oxygens (including phenoxy) is 1. The number of nitrogens with zero attached hydrogens (tertiary/aromatic N) is 1. The number of thioether (sulfide) groups is 1. The van der Waals surface area contributed by atoms with E-state index in [-0.39, 0.29) is 12.4 Å². The molecule has 0 bridgehead atoms. The van der Waals surface area contributed by atoms with Crippen LogP contribution in [0.2, 0.25) is 0 Å². The number of allylic oxidation sites excluding steroid dienone is 1. The van der Waals surface area contributed by atoms with Gasteiger partial charge < -0.3 is 9.14 Å². The van der Waals surface area contributed by atoms with Crippen LogP contribution >= 0.6 is 39.0 Å². The van der Waals surface area contributed by atoms with Crippen LogP contribution in [0.25, 0.3) is 16.4 Å². The minimum atomic E-state index is -0.408. The van der Waals surface area contributed by atoms with Crippen LogP contribution in [0.5, 0.6) is 0 Å². The van der Waals surface area contributed by atoms with Crippen molar-refractivity contribution in [3.63, 3.8) is 0 Å². The number of carbonyl (C=O) groups excluding carboxylic acids is 2. The molecule has 0 spiro atoms. The lowest BCUT2D eigenvalue weighted by atomic mass is 10.1. The van der Waals surface area contributed by atoms with Gasteiger partial charge in [0.05, 0.1) is 32.3 Å². The molecule has 1 aromatic carbocycles. The van der Waals surface area contributed by atoms with Crippen LogP contribution < -0.4 is 0 Å². The third-order valence-electron chi connectivity index (χ3n) is 4.80. The Labute approximate surface area is 197 Å². The van der Waals surface area contributed by atoms with Gasteiger partial charge in [0.15, 0.2) is 0 Å². The molecule has 0 unspecified atom stereocenters. The lowest BCUT2D eigenvalue weighted by molar-refractivity contribution is 0.0531. The normalized spacial score (nSPS) is 11.6. The van der Waals surface area contributed by atoms with Gasteiger partial charge in [0, 0.05) is 27.4 Å². The van der Waals surface area contributed by atoms with Crippen molar-refractivity contribution in [1.29, 1.82) is 0 Å². The summed E-state index contributed by atoms with van der Waals surface area (Å²) in [6, 6.07) is 13.0. The van der Waals surface area contributed by atoms with Crippen LogP contribution in [-0.4, -0.2) is 28.5 Å². The molecule has 0 saturated heterocycles. The van der Waals surface area contributed by atoms with Crippen molar-refractivity contribution in [2.24, 2.45) is 0 Å². The molecule has 0 aliphatic carbocycles. The molecule has 3 aromatic heterocycles. The molecule has 0 aliphatic rings. The molecule has 4 nitrogen and oxygen atoms in total. The number of benzene rings is 1. The zero-order chi connectivity index (χ0) is 22.0. The fourth-order valence-electron chi connectivity index (χ4n) is 3.44. The molecule has 158 valence electrons. The van der Waals surface area contributed by atoms with Gasteiger partial charge in [-0.2, -0.15) is 0 Å². The molecule has 4 aromatic rings. The van der Waals surface area contributed by atoms with Crippen molar-refractivity contribution in [2.45, 2.75) is 18.1 Å². The zero-order valence-corrected chi connectivity index (χ0v) is 20.3. The first-order valence-electron chi connectivity index (χ1n) is 9.83. The van der Waals surface area contributed by atoms with E-state index in [0.717, 1.165) is 25.5 Å². The molecule has 3 heterocycles. The van der Waals surface area contributed by atoms with E-state index in [4.69, 9.17) is 4.74 Å². The van der Waals surface area contributed by atoms with E-state index in [0.29, 0.717) is 21.4 Å². The predicted molar refractivity (Wildman–Crippen MR) is 132 cm³/mol. The number of hydrogen-bond donors (Lipinski definition) is 0. The Morgan fingerprint density at radius 1 is 1.19 bits per heavy atom. The van der Waals surface area contributed by atoms with Crippen molar-refractivity contribution in [3.8, 4) is 0 Å². The standard InChI is InChI=1S/C24H20BrNO3S2/c1-3-5-14-30-24-20-19(22(31-24)21(27)15-9-11-16(25)12-10-15)18(23(28)29-4-2)17-8-6-7-13-26(17)20/h3,5-13H,4,14H2,1-2H3/b5-3+. The van der Waals surface area contributed by atoms with Gasteiger partial charge in [-0.25, -0.2) is 4.79 Å². The fraction of sp³-hybridized carbons (Fsp3) is 0.167. The van der Waals surface area contributed by atoms with Crippen LogP contribution in [0.1, 0.15) is 39.4 Å². The maximum Gasteiger partial charge on any atom is 0.341 e. The van der Waals surface area contributed by atoms with Crippen LogP contribution in [0.4, 0.5) is 0 Å². The Morgan fingerprint density at radius 3 is 2.68 bits per heavy atom. The number of aromatic nitrogens is 1.